The maximum Gasteiger partial charge on any atom is 0.123 e. The summed E-state index contributed by atoms with van der Waals surface area (Å²) in [5.41, 5.74) is 7.81. The highest BCUT2D eigenvalue weighted by Crippen LogP contribution is 2.23. The van der Waals surface area contributed by atoms with Gasteiger partial charge in [0, 0.05) is 30.4 Å². The molecule has 0 aliphatic carbocycles. The van der Waals surface area contributed by atoms with Crippen LogP contribution < -0.4 is 10.5 Å². The van der Waals surface area contributed by atoms with E-state index in [1.54, 1.807) is 7.11 Å². The normalized spacial score (nSPS) is 13.0. The summed E-state index contributed by atoms with van der Waals surface area (Å²) in [7, 11) is 5.91. The van der Waals surface area contributed by atoms with Gasteiger partial charge >= 0.3 is 0 Å². The number of nitrogens with zero attached hydrogens (tertiary/aromatic N) is 2. The molecule has 1 aromatic carbocycles. The SMILES string of the molecule is CCN(Cc1cc(N)ccc1OC)C(C)CN(C)C. The summed E-state index contributed by atoms with van der Waals surface area (Å²) in [4.78, 5) is 4.64. The highest BCUT2D eigenvalue weighted by Gasteiger charge is 2.15. The molecule has 0 amide bonds. The fourth-order valence-corrected chi connectivity index (χ4v) is 2.36. The van der Waals surface area contributed by atoms with Crippen LogP contribution in [0, 0.1) is 0 Å². The number of likely N-dealkylation sites (N-methyl/N-ethyl adjacent to an activating group) is 2. The van der Waals surface area contributed by atoms with E-state index in [-0.39, 0.29) is 0 Å². The number of methoxy groups -OCH3 is 1. The van der Waals surface area contributed by atoms with E-state index in [1.165, 1.54) is 0 Å². The largest absolute Gasteiger partial charge is 0.496 e. The summed E-state index contributed by atoms with van der Waals surface area (Å²) in [6.45, 7) is 7.35. The molecule has 0 spiro atoms. The molecule has 1 rings (SSSR count). The predicted molar refractivity (Wildman–Crippen MR) is 81.5 cm³/mol. The van der Waals surface area contributed by atoms with E-state index in [1.807, 2.05) is 18.2 Å². The molecule has 0 aliphatic rings. The van der Waals surface area contributed by atoms with Gasteiger partial charge in [0.15, 0.2) is 0 Å². The van der Waals surface area contributed by atoms with E-state index in [0.717, 1.165) is 36.6 Å². The second-order valence-corrected chi connectivity index (χ2v) is 5.25. The molecule has 0 bridgehead atoms. The zero-order valence-electron chi connectivity index (χ0n) is 12.8. The summed E-state index contributed by atoms with van der Waals surface area (Å²) < 4.78 is 5.41. The van der Waals surface area contributed by atoms with Crippen molar-refractivity contribution in [1.82, 2.24) is 9.80 Å². The van der Waals surface area contributed by atoms with Crippen LogP contribution in [0.2, 0.25) is 0 Å². The van der Waals surface area contributed by atoms with Crippen LogP contribution in [0.25, 0.3) is 0 Å². The Balaban J connectivity index is 2.82. The van der Waals surface area contributed by atoms with Crippen molar-refractivity contribution in [2.45, 2.75) is 26.4 Å². The lowest BCUT2D eigenvalue weighted by atomic mass is 10.1. The van der Waals surface area contributed by atoms with Crippen LogP contribution in [-0.4, -0.2) is 50.1 Å². The maximum absolute atomic E-state index is 5.87. The molecule has 4 nitrogen and oxygen atoms in total. The topological polar surface area (TPSA) is 41.7 Å². The summed E-state index contributed by atoms with van der Waals surface area (Å²) >= 11 is 0. The Hall–Kier alpha value is -1.26. The summed E-state index contributed by atoms with van der Waals surface area (Å²) in [6.07, 6.45) is 0. The third kappa shape index (κ3) is 4.73. The highest BCUT2D eigenvalue weighted by molar-refractivity contribution is 5.47. The molecule has 108 valence electrons. The molecule has 0 saturated heterocycles. The van der Waals surface area contributed by atoms with Crippen LogP contribution in [0.15, 0.2) is 18.2 Å². The molecular weight excluding hydrogens is 238 g/mol. The average Bonchev–Trinajstić information content (AvgIpc) is 2.35. The van der Waals surface area contributed by atoms with E-state index in [4.69, 9.17) is 10.5 Å². The van der Waals surface area contributed by atoms with E-state index in [0.29, 0.717) is 6.04 Å². The Bertz CT molecular complexity index is 393. The van der Waals surface area contributed by atoms with Gasteiger partial charge in [-0.15, -0.1) is 0 Å². The molecule has 0 radical (unpaired) electrons. The van der Waals surface area contributed by atoms with Crippen LogP contribution in [0.4, 0.5) is 5.69 Å². The van der Waals surface area contributed by atoms with Gasteiger partial charge in [0.25, 0.3) is 0 Å². The van der Waals surface area contributed by atoms with Crippen molar-refractivity contribution in [1.29, 1.82) is 0 Å². The zero-order chi connectivity index (χ0) is 14.4. The number of hydrogen-bond acceptors (Lipinski definition) is 4. The Labute approximate surface area is 117 Å². The first kappa shape index (κ1) is 15.8. The van der Waals surface area contributed by atoms with Crippen molar-refractivity contribution < 1.29 is 4.74 Å². The van der Waals surface area contributed by atoms with Crippen molar-refractivity contribution >= 4 is 5.69 Å². The second-order valence-electron chi connectivity index (χ2n) is 5.25. The lowest BCUT2D eigenvalue weighted by molar-refractivity contribution is 0.172. The quantitative estimate of drug-likeness (QED) is 0.766. The molecule has 0 fully saturated rings. The van der Waals surface area contributed by atoms with Crippen LogP contribution in [0.1, 0.15) is 19.4 Å². The van der Waals surface area contributed by atoms with E-state index in [9.17, 15) is 0 Å². The molecular formula is C15H27N3O. The number of hydrogen-bond donors (Lipinski definition) is 1. The number of anilines is 1. The molecule has 2 N–H and O–H groups in total. The average molecular weight is 265 g/mol. The smallest absolute Gasteiger partial charge is 0.123 e. The van der Waals surface area contributed by atoms with Gasteiger partial charge in [-0.05, 0) is 45.8 Å². The fourth-order valence-electron chi connectivity index (χ4n) is 2.36. The minimum absolute atomic E-state index is 0.492. The zero-order valence-corrected chi connectivity index (χ0v) is 12.8. The lowest BCUT2D eigenvalue weighted by Crippen LogP contribution is -2.39. The third-order valence-electron chi connectivity index (χ3n) is 3.34. The van der Waals surface area contributed by atoms with Gasteiger partial charge in [-0.2, -0.15) is 0 Å². The number of rotatable bonds is 7. The maximum atomic E-state index is 5.87. The van der Waals surface area contributed by atoms with Gasteiger partial charge < -0.3 is 15.4 Å². The van der Waals surface area contributed by atoms with E-state index in [2.05, 4.69) is 37.7 Å². The first-order valence-corrected chi connectivity index (χ1v) is 6.79. The van der Waals surface area contributed by atoms with Crippen molar-refractivity contribution in [2.24, 2.45) is 0 Å². The first-order chi connectivity index (χ1) is 8.97. The molecule has 1 aromatic rings. The highest BCUT2D eigenvalue weighted by atomic mass is 16.5. The first-order valence-electron chi connectivity index (χ1n) is 6.79. The lowest BCUT2D eigenvalue weighted by Gasteiger charge is -2.30. The van der Waals surface area contributed by atoms with Crippen molar-refractivity contribution in [3.05, 3.63) is 23.8 Å². The number of nitrogen functional groups attached to an aromatic ring is 1. The Morgan fingerprint density at radius 3 is 2.53 bits per heavy atom. The number of nitrogens with two attached hydrogens (primary N) is 1. The Kier molecular flexibility index (Phi) is 6.12. The van der Waals surface area contributed by atoms with Crippen LogP contribution in [0.3, 0.4) is 0 Å². The standard InChI is InChI=1S/C15H27N3O/c1-6-18(12(2)10-17(3)4)11-13-9-14(16)7-8-15(13)19-5/h7-9,12H,6,10-11,16H2,1-5H3. The van der Waals surface area contributed by atoms with Crippen molar-refractivity contribution in [3.63, 3.8) is 0 Å². The Morgan fingerprint density at radius 2 is 2.00 bits per heavy atom. The van der Waals surface area contributed by atoms with Crippen molar-refractivity contribution in [3.8, 4) is 5.75 Å². The Morgan fingerprint density at radius 1 is 1.32 bits per heavy atom. The molecule has 0 saturated carbocycles. The van der Waals surface area contributed by atoms with Gasteiger partial charge in [-0.25, -0.2) is 0 Å². The van der Waals surface area contributed by atoms with Gasteiger partial charge in [0.2, 0.25) is 0 Å². The van der Waals surface area contributed by atoms with Gasteiger partial charge in [-0.3, -0.25) is 4.90 Å². The number of benzene rings is 1. The minimum atomic E-state index is 0.492. The summed E-state index contributed by atoms with van der Waals surface area (Å²) in [5.74, 6) is 0.907. The summed E-state index contributed by atoms with van der Waals surface area (Å²) in [6, 6.07) is 6.31. The molecule has 0 aliphatic heterocycles. The van der Waals surface area contributed by atoms with Crippen LogP contribution >= 0.6 is 0 Å². The van der Waals surface area contributed by atoms with Gasteiger partial charge in [0.05, 0.1) is 7.11 Å². The molecule has 0 aromatic heterocycles. The van der Waals surface area contributed by atoms with Gasteiger partial charge in [-0.1, -0.05) is 6.92 Å². The molecule has 0 heterocycles. The molecule has 1 atom stereocenters. The monoisotopic (exact) mass is 265 g/mol. The third-order valence-corrected chi connectivity index (χ3v) is 3.34. The van der Waals surface area contributed by atoms with Crippen molar-refractivity contribution in [2.75, 3.05) is 40.0 Å². The number of ether oxygens (including phenoxy) is 1. The van der Waals surface area contributed by atoms with E-state index >= 15 is 0 Å². The molecule has 19 heavy (non-hydrogen) atoms. The minimum Gasteiger partial charge on any atom is -0.496 e. The second kappa shape index (κ2) is 7.36. The van der Waals surface area contributed by atoms with E-state index < -0.39 is 0 Å². The summed E-state index contributed by atoms with van der Waals surface area (Å²) in [5, 5.41) is 0. The van der Waals surface area contributed by atoms with Gasteiger partial charge in [0.1, 0.15) is 5.75 Å². The molecule has 1 unspecified atom stereocenters. The molecule has 4 heteroatoms. The fraction of sp³-hybridized carbons (Fsp3) is 0.600. The predicted octanol–water partition coefficient (Wildman–Crippen LogP) is 2.05. The van der Waals surface area contributed by atoms with Crippen LogP contribution in [0.5, 0.6) is 5.75 Å². The van der Waals surface area contributed by atoms with Crippen LogP contribution in [-0.2, 0) is 6.54 Å².